The molecule has 1 fully saturated rings. The van der Waals surface area contributed by atoms with E-state index in [0.29, 0.717) is 5.37 Å². The second-order valence-electron chi connectivity index (χ2n) is 1.95. The lowest BCUT2D eigenvalue weighted by molar-refractivity contribution is -0.131. The molecule has 0 bridgehead atoms. The van der Waals surface area contributed by atoms with Gasteiger partial charge in [0.2, 0.25) is 5.91 Å². The van der Waals surface area contributed by atoms with E-state index in [9.17, 15) is 4.79 Å². The number of amides is 1. The number of hydrogen-bond acceptors (Lipinski definition) is 2. The van der Waals surface area contributed by atoms with Crippen LogP contribution in [0.25, 0.3) is 0 Å². The predicted octanol–water partition coefficient (Wildman–Crippen LogP) is 0.441. The quantitative estimate of drug-likeness (QED) is 0.523. The first-order chi connectivity index (χ1) is 3.75. The van der Waals surface area contributed by atoms with Crippen molar-refractivity contribution in [3.63, 3.8) is 0 Å². The minimum Gasteiger partial charge on any atom is -0.343 e. The fourth-order valence-corrected chi connectivity index (χ4v) is 1.47. The Morgan fingerprint density at radius 2 is 2.38 bits per heavy atom. The summed E-state index contributed by atoms with van der Waals surface area (Å²) in [6.45, 7) is 1.94. The van der Waals surface area contributed by atoms with E-state index in [1.165, 1.54) is 0 Å². The van der Waals surface area contributed by atoms with Crippen LogP contribution in [0.5, 0.6) is 0 Å². The highest BCUT2D eigenvalue weighted by Gasteiger charge is 2.33. The molecule has 0 saturated carbocycles. The summed E-state index contributed by atoms with van der Waals surface area (Å²) in [4.78, 5) is 10.5. The van der Waals surface area contributed by atoms with E-state index in [2.05, 4.69) is 5.32 Å². The molecule has 8 heavy (non-hydrogen) atoms. The molecule has 0 aromatic rings. The second kappa shape index (κ2) is 1.97. The van der Waals surface area contributed by atoms with E-state index in [1.807, 2.05) is 13.2 Å². The standard InChI is InChI=1S/C5H9NOS/c1-3-4(7)6-5(3)8-2/h3,5H,1-2H3,(H,6,7)/t3?,5-/m0/s1. The average Bonchev–Trinajstić information content (AvgIpc) is 1.81. The van der Waals surface area contributed by atoms with E-state index in [1.54, 1.807) is 11.8 Å². The summed E-state index contributed by atoms with van der Waals surface area (Å²) in [6, 6.07) is 0. The molecule has 46 valence electrons. The van der Waals surface area contributed by atoms with Crippen LogP contribution >= 0.6 is 11.8 Å². The van der Waals surface area contributed by atoms with Crippen molar-refractivity contribution in [3.05, 3.63) is 0 Å². The number of hydrogen-bond donors (Lipinski definition) is 1. The molecule has 1 saturated heterocycles. The van der Waals surface area contributed by atoms with Crippen molar-refractivity contribution in [2.45, 2.75) is 12.3 Å². The van der Waals surface area contributed by atoms with Gasteiger partial charge in [-0.25, -0.2) is 0 Å². The third kappa shape index (κ3) is 0.708. The Hall–Kier alpha value is -0.180. The maximum absolute atomic E-state index is 10.5. The van der Waals surface area contributed by atoms with Gasteiger partial charge in [0.1, 0.15) is 0 Å². The SMILES string of the molecule is CS[C@@H]1NC(=O)C1C. The van der Waals surface area contributed by atoms with Crippen molar-refractivity contribution in [1.29, 1.82) is 0 Å². The van der Waals surface area contributed by atoms with Gasteiger partial charge in [-0.2, -0.15) is 0 Å². The Morgan fingerprint density at radius 1 is 1.75 bits per heavy atom. The highest BCUT2D eigenvalue weighted by molar-refractivity contribution is 7.99. The smallest absolute Gasteiger partial charge is 0.226 e. The second-order valence-corrected chi connectivity index (χ2v) is 2.93. The third-order valence-corrected chi connectivity index (χ3v) is 2.44. The Bertz CT molecular complexity index is 115. The molecular weight excluding hydrogens is 122 g/mol. The number of β-lactam (4-membered cyclic amide) rings is 1. The van der Waals surface area contributed by atoms with Crippen molar-refractivity contribution in [2.75, 3.05) is 6.26 Å². The lowest BCUT2D eigenvalue weighted by Gasteiger charge is -2.32. The molecule has 1 aliphatic rings. The molecule has 1 unspecified atom stereocenters. The number of carbonyl (C=O) groups excluding carboxylic acids is 1. The minimum atomic E-state index is 0.185. The first kappa shape index (κ1) is 5.95. The first-order valence-electron chi connectivity index (χ1n) is 2.59. The summed E-state index contributed by atoms with van der Waals surface area (Å²) >= 11 is 1.69. The van der Waals surface area contributed by atoms with Gasteiger partial charge in [0.15, 0.2) is 0 Å². The molecule has 1 N–H and O–H groups in total. The lowest BCUT2D eigenvalue weighted by atomic mass is 10.1. The van der Waals surface area contributed by atoms with Crippen LogP contribution in [0.3, 0.4) is 0 Å². The fraction of sp³-hybridized carbons (Fsp3) is 0.800. The van der Waals surface area contributed by atoms with Crippen molar-refractivity contribution in [3.8, 4) is 0 Å². The highest BCUT2D eigenvalue weighted by atomic mass is 32.2. The number of carbonyl (C=O) groups is 1. The minimum absolute atomic E-state index is 0.185. The van der Waals surface area contributed by atoms with Crippen LogP contribution in [0, 0.1) is 5.92 Å². The van der Waals surface area contributed by atoms with Crippen molar-refractivity contribution in [1.82, 2.24) is 5.32 Å². The van der Waals surface area contributed by atoms with E-state index < -0.39 is 0 Å². The van der Waals surface area contributed by atoms with Gasteiger partial charge in [-0.3, -0.25) is 4.79 Å². The largest absolute Gasteiger partial charge is 0.343 e. The van der Waals surface area contributed by atoms with E-state index in [-0.39, 0.29) is 11.8 Å². The van der Waals surface area contributed by atoms with Crippen LogP contribution in [0.15, 0.2) is 0 Å². The zero-order chi connectivity index (χ0) is 6.15. The monoisotopic (exact) mass is 131 g/mol. The van der Waals surface area contributed by atoms with Crippen LogP contribution in [-0.2, 0) is 4.79 Å². The van der Waals surface area contributed by atoms with Crippen LogP contribution in [0.2, 0.25) is 0 Å². The zero-order valence-electron chi connectivity index (χ0n) is 4.97. The van der Waals surface area contributed by atoms with Gasteiger partial charge < -0.3 is 5.32 Å². The summed E-state index contributed by atoms with van der Waals surface area (Å²) < 4.78 is 0. The van der Waals surface area contributed by atoms with Crippen molar-refractivity contribution < 1.29 is 4.79 Å². The van der Waals surface area contributed by atoms with Crippen LogP contribution in [-0.4, -0.2) is 17.5 Å². The fourth-order valence-electron chi connectivity index (χ4n) is 0.701. The maximum Gasteiger partial charge on any atom is 0.226 e. The normalized spacial score (nSPS) is 36.0. The van der Waals surface area contributed by atoms with Gasteiger partial charge in [0.05, 0.1) is 11.3 Å². The molecule has 3 heteroatoms. The molecule has 0 aromatic carbocycles. The molecule has 0 radical (unpaired) electrons. The van der Waals surface area contributed by atoms with E-state index in [0.717, 1.165) is 0 Å². The first-order valence-corrected chi connectivity index (χ1v) is 3.87. The summed E-state index contributed by atoms with van der Waals surface area (Å²) in [5.41, 5.74) is 0. The summed E-state index contributed by atoms with van der Waals surface area (Å²) in [6.07, 6.45) is 2.00. The average molecular weight is 131 g/mol. The number of nitrogens with one attached hydrogen (secondary N) is 1. The molecular formula is C5H9NOS. The summed E-state index contributed by atoms with van der Waals surface area (Å²) in [7, 11) is 0. The zero-order valence-corrected chi connectivity index (χ0v) is 5.79. The maximum atomic E-state index is 10.5. The summed E-state index contributed by atoms with van der Waals surface area (Å²) in [5, 5.41) is 3.14. The Morgan fingerprint density at radius 3 is 2.50 bits per heavy atom. The Kier molecular flexibility index (Phi) is 1.47. The van der Waals surface area contributed by atoms with Gasteiger partial charge in [-0.15, -0.1) is 11.8 Å². The van der Waals surface area contributed by atoms with Gasteiger partial charge in [0, 0.05) is 0 Å². The summed E-state index contributed by atoms with van der Waals surface area (Å²) in [5.74, 6) is 0.411. The number of thioether (sulfide) groups is 1. The van der Waals surface area contributed by atoms with Gasteiger partial charge in [-0.05, 0) is 6.26 Å². The third-order valence-electron chi connectivity index (χ3n) is 1.41. The Labute approximate surface area is 53.0 Å². The molecule has 1 aliphatic heterocycles. The molecule has 0 spiro atoms. The molecule has 1 rings (SSSR count). The van der Waals surface area contributed by atoms with E-state index in [4.69, 9.17) is 0 Å². The molecule has 2 nitrogen and oxygen atoms in total. The molecule has 0 aliphatic carbocycles. The molecule has 0 aromatic heterocycles. The van der Waals surface area contributed by atoms with Gasteiger partial charge in [0.25, 0.3) is 0 Å². The molecule has 2 atom stereocenters. The lowest BCUT2D eigenvalue weighted by Crippen LogP contribution is -2.54. The number of rotatable bonds is 1. The van der Waals surface area contributed by atoms with Crippen molar-refractivity contribution in [2.24, 2.45) is 5.92 Å². The van der Waals surface area contributed by atoms with Crippen molar-refractivity contribution >= 4 is 17.7 Å². The molecule has 1 heterocycles. The van der Waals surface area contributed by atoms with Gasteiger partial charge in [-0.1, -0.05) is 6.92 Å². The Balaban J connectivity index is 2.35. The highest BCUT2D eigenvalue weighted by Crippen LogP contribution is 2.21. The van der Waals surface area contributed by atoms with E-state index >= 15 is 0 Å². The molecule has 1 amide bonds. The van der Waals surface area contributed by atoms with Crippen LogP contribution < -0.4 is 5.32 Å². The van der Waals surface area contributed by atoms with Crippen LogP contribution in [0.1, 0.15) is 6.92 Å². The van der Waals surface area contributed by atoms with Gasteiger partial charge >= 0.3 is 0 Å². The topological polar surface area (TPSA) is 29.1 Å². The predicted molar refractivity (Wildman–Crippen MR) is 34.6 cm³/mol. The van der Waals surface area contributed by atoms with Crippen LogP contribution in [0.4, 0.5) is 0 Å².